The lowest BCUT2D eigenvalue weighted by atomic mass is 10.2. The molecule has 2 heterocycles. The summed E-state index contributed by atoms with van der Waals surface area (Å²) in [4.78, 5) is 0.185. The van der Waals surface area contributed by atoms with E-state index in [-0.39, 0.29) is 10.7 Å². The van der Waals surface area contributed by atoms with Crippen molar-refractivity contribution in [2.75, 3.05) is 4.72 Å². The maximum Gasteiger partial charge on any atom is 0.266 e. The Morgan fingerprint density at radius 1 is 1.12 bits per heavy atom. The van der Waals surface area contributed by atoms with Crippen molar-refractivity contribution in [3.05, 3.63) is 58.0 Å². The highest BCUT2D eigenvalue weighted by atomic mass is 35.5. The molecule has 0 saturated carbocycles. The number of sulfonamides is 1. The summed E-state index contributed by atoms with van der Waals surface area (Å²) >= 11 is 5.90. The van der Waals surface area contributed by atoms with Crippen LogP contribution in [-0.2, 0) is 23.6 Å². The number of anilines is 1. The normalized spacial score (nSPS) is 11.7. The van der Waals surface area contributed by atoms with Gasteiger partial charge in [0.1, 0.15) is 4.90 Å². The standard InChI is InChI=1S/C17H20ClN5O2S/c1-11-9-16(20-23(11)10-14-5-7-15(18)8-6-14)21-26(24,25)17-12(2)19-22(4)13(17)3/h5-9H,10H2,1-4H3,(H,20,21). The first-order valence-corrected chi connectivity index (χ1v) is 9.85. The molecule has 0 spiro atoms. The van der Waals surface area contributed by atoms with Crippen LogP contribution in [0.2, 0.25) is 5.02 Å². The van der Waals surface area contributed by atoms with E-state index in [0.29, 0.717) is 23.0 Å². The molecule has 3 rings (SSSR count). The van der Waals surface area contributed by atoms with Crippen LogP contribution in [0.5, 0.6) is 0 Å². The predicted octanol–water partition coefficient (Wildman–Crippen LogP) is 3.04. The lowest BCUT2D eigenvalue weighted by Crippen LogP contribution is -2.15. The van der Waals surface area contributed by atoms with Gasteiger partial charge in [0.15, 0.2) is 5.82 Å². The molecule has 0 radical (unpaired) electrons. The van der Waals surface area contributed by atoms with Crippen molar-refractivity contribution in [3.63, 3.8) is 0 Å². The SMILES string of the molecule is Cc1nn(C)c(C)c1S(=O)(=O)Nc1cc(C)n(Cc2ccc(Cl)cc2)n1. The van der Waals surface area contributed by atoms with Crippen LogP contribution in [0.4, 0.5) is 5.82 Å². The smallest absolute Gasteiger partial charge is 0.266 e. The zero-order valence-electron chi connectivity index (χ0n) is 15.0. The van der Waals surface area contributed by atoms with Crippen LogP contribution in [-0.4, -0.2) is 28.0 Å². The van der Waals surface area contributed by atoms with Crippen LogP contribution in [0.3, 0.4) is 0 Å². The predicted molar refractivity (Wildman–Crippen MR) is 101 cm³/mol. The number of rotatable bonds is 5. The molecule has 0 fully saturated rings. The van der Waals surface area contributed by atoms with Crippen molar-refractivity contribution in [1.82, 2.24) is 19.6 Å². The Bertz CT molecular complexity index is 1050. The highest BCUT2D eigenvalue weighted by molar-refractivity contribution is 7.92. The Morgan fingerprint density at radius 3 is 2.35 bits per heavy atom. The van der Waals surface area contributed by atoms with Gasteiger partial charge in [-0.1, -0.05) is 23.7 Å². The second-order valence-corrected chi connectivity index (χ2v) is 8.24. The van der Waals surface area contributed by atoms with E-state index in [9.17, 15) is 8.42 Å². The molecule has 0 amide bonds. The molecule has 7 nitrogen and oxygen atoms in total. The van der Waals surface area contributed by atoms with E-state index in [1.807, 2.05) is 31.2 Å². The van der Waals surface area contributed by atoms with E-state index < -0.39 is 10.0 Å². The van der Waals surface area contributed by atoms with Gasteiger partial charge in [0.05, 0.1) is 17.9 Å². The molecular formula is C17H20ClN5O2S. The first-order valence-electron chi connectivity index (χ1n) is 7.99. The summed E-state index contributed by atoms with van der Waals surface area (Å²) < 4.78 is 31.3. The molecule has 1 aromatic carbocycles. The zero-order valence-corrected chi connectivity index (χ0v) is 16.6. The van der Waals surface area contributed by atoms with Crippen molar-refractivity contribution in [3.8, 4) is 0 Å². The second kappa shape index (κ2) is 6.77. The third kappa shape index (κ3) is 3.61. The summed E-state index contributed by atoms with van der Waals surface area (Å²) in [7, 11) is -2.05. The van der Waals surface area contributed by atoms with Gasteiger partial charge >= 0.3 is 0 Å². The Kier molecular flexibility index (Phi) is 4.81. The third-order valence-corrected chi connectivity index (χ3v) is 6.04. The van der Waals surface area contributed by atoms with Crippen LogP contribution in [0.15, 0.2) is 35.2 Å². The van der Waals surface area contributed by atoms with Crippen molar-refractivity contribution in [1.29, 1.82) is 0 Å². The summed E-state index contributed by atoms with van der Waals surface area (Å²) in [6.07, 6.45) is 0. The van der Waals surface area contributed by atoms with Gasteiger partial charge in [-0.2, -0.15) is 10.2 Å². The summed E-state index contributed by atoms with van der Waals surface area (Å²) in [5.41, 5.74) is 2.90. The third-order valence-electron chi connectivity index (χ3n) is 4.18. The lowest BCUT2D eigenvalue weighted by Gasteiger charge is -2.06. The number of benzene rings is 1. The molecule has 138 valence electrons. The van der Waals surface area contributed by atoms with Gasteiger partial charge in [0, 0.05) is 23.8 Å². The van der Waals surface area contributed by atoms with E-state index in [1.165, 1.54) is 0 Å². The van der Waals surface area contributed by atoms with Gasteiger partial charge in [-0.3, -0.25) is 14.1 Å². The van der Waals surface area contributed by atoms with Crippen LogP contribution >= 0.6 is 11.6 Å². The molecule has 9 heteroatoms. The van der Waals surface area contributed by atoms with Crippen LogP contribution in [0.25, 0.3) is 0 Å². The molecule has 3 aromatic rings. The van der Waals surface area contributed by atoms with Crippen molar-refractivity contribution < 1.29 is 8.42 Å². The molecule has 1 N–H and O–H groups in total. The van der Waals surface area contributed by atoms with Crippen LogP contribution in [0.1, 0.15) is 22.6 Å². The molecule has 0 unspecified atom stereocenters. The Labute approximate surface area is 157 Å². The van der Waals surface area contributed by atoms with E-state index in [4.69, 9.17) is 11.6 Å². The van der Waals surface area contributed by atoms with E-state index >= 15 is 0 Å². The minimum atomic E-state index is -3.76. The highest BCUT2D eigenvalue weighted by Crippen LogP contribution is 2.22. The molecule has 0 bridgehead atoms. The summed E-state index contributed by atoms with van der Waals surface area (Å²) in [5, 5.41) is 9.20. The fourth-order valence-electron chi connectivity index (χ4n) is 2.81. The molecule has 0 aliphatic carbocycles. The minimum Gasteiger partial charge on any atom is -0.271 e. The van der Waals surface area contributed by atoms with Crippen LogP contribution < -0.4 is 4.72 Å². The number of aryl methyl sites for hydroxylation is 3. The lowest BCUT2D eigenvalue weighted by molar-refractivity contribution is 0.599. The van der Waals surface area contributed by atoms with E-state index in [0.717, 1.165) is 11.3 Å². The first-order chi connectivity index (χ1) is 12.2. The second-order valence-electron chi connectivity index (χ2n) is 6.18. The van der Waals surface area contributed by atoms with Crippen molar-refractivity contribution in [2.24, 2.45) is 7.05 Å². The van der Waals surface area contributed by atoms with Crippen LogP contribution in [0, 0.1) is 20.8 Å². The molecule has 0 aliphatic rings. The van der Waals surface area contributed by atoms with Gasteiger partial charge in [0.2, 0.25) is 0 Å². The number of hydrogen-bond acceptors (Lipinski definition) is 4. The topological polar surface area (TPSA) is 81.8 Å². The summed E-state index contributed by atoms with van der Waals surface area (Å²) in [6, 6.07) is 9.15. The number of nitrogens with one attached hydrogen (secondary N) is 1. The maximum atomic E-state index is 12.7. The Balaban J connectivity index is 1.86. The zero-order chi connectivity index (χ0) is 19.1. The largest absolute Gasteiger partial charge is 0.271 e. The van der Waals surface area contributed by atoms with Gasteiger partial charge in [-0.05, 0) is 38.5 Å². The van der Waals surface area contributed by atoms with E-state index in [1.54, 1.807) is 36.3 Å². The number of aromatic nitrogens is 4. The first kappa shape index (κ1) is 18.5. The van der Waals surface area contributed by atoms with Crippen molar-refractivity contribution >= 4 is 27.4 Å². The average Bonchev–Trinajstić information content (AvgIpc) is 3.00. The van der Waals surface area contributed by atoms with Gasteiger partial charge < -0.3 is 0 Å². The maximum absolute atomic E-state index is 12.7. The van der Waals surface area contributed by atoms with Crippen molar-refractivity contribution in [2.45, 2.75) is 32.2 Å². The molecule has 0 atom stereocenters. The minimum absolute atomic E-state index is 0.185. The molecule has 0 aliphatic heterocycles. The Morgan fingerprint density at radius 2 is 1.77 bits per heavy atom. The summed E-state index contributed by atoms with van der Waals surface area (Å²) in [5.74, 6) is 0.277. The fourth-order valence-corrected chi connectivity index (χ4v) is 4.37. The monoisotopic (exact) mass is 393 g/mol. The fraction of sp³-hybridized carbons (Fsp3) is 0.294. The summed E-state index contributed by atoms with van der Waals surface area (Å²) in [6.45, 7) is 5.79. The Hall–Kier alpha value is -2.32. The molecular weight excluding hydrogens is 374 g/mol. The highest BCUT2D eigenvalue weighted by Gasteiger charge is 2.24. The molecule has 26 heavy (non-hydrogen) atoms. The van der Waals surface area contributed by atoms with E-state index in [2.05, 4.69) is 14.9 Å². The number of halogens is 1. The number of hydrogen-bond donors (Lipinski definition) is 1. The quantitative estimate of drug-likeness (QED) is 0.722. The molecule has 0 saturated heterocycles. The average molecular weight is 394 g/mol. The van der Waals surface area contributed by atoms with Gasteiger partial charge in [0.25, 0.3) is 10.0 Å². The molecule has 2 aromatic heterocycles. The van der Waals surface area contributed by atoms with Gasteiger partial charge in [-0.25, -0.2) is 8.42 Å². The van der Waals surface area contributed by atoms with Gasteiger partial charge in [-0.15, -0.1) is 0 Å². The number of nitrogens with zero attached hydrogens (tertiary/aromatic N) is 4.